The Morgan fingerprint density at radius 2 is 1.79 bits per heavy atom. The monoisotopic (exact) mass is 677 g/mol. The van der Waals surface area contributed by atoms with Crippen molar-refractivity contribution in [2.45, 2.75) is 39.0 Å². The van der Waals surface area contributed by atoms with Crippen LogP contribution >= 0.6 is 23.2 Å². The first kappa shape index (κ1) is 34.1. The Hall–Kier alpha value is -4.22. The number of nitrogens with one attached hydrogen (secondary N) is 2. The summed E-state index contributed by atoms with van der Waals surface area (Å²) in [7, 11) is 3.17. The number of aliphatic imine (C=N–C) groups is 1. The van der Waals surface area contributed by atoms with Gasteiger partial charge in [-0.25, -0.2) is 4.98 Å². The fourth-order valence-corrected chi connectivity index (χ4v) is 5.93. The molecule has 0 spiro atoms. The van der Waals surface area contributed by atoms with Crippen molar-refractivity contribution in [3.8, 4) is 45.3 Å². The highest BCUT2D eigenvalue weighted by Gasteiger charge is 2.20. The molecule has 0 saturated carbocycles. The molecule has 4 aromatic rings. The van der Waals surface area contributed by atoms with Crippen molar-refractivity contribution in [2.24, 2.45) is 4.99 Å². The summed E-state index contributed by atoms with van der Waals surface area (Å²) >= 11 is 14.1. The topological polar surface area (TPSA) is 127 Å². The number of benzene rings is 2. The summed E-state index contributed by atoms with van der Waals surface area (Å²) in [4.78, 5) is 25.6. The molecular formula is C35H37Cl2N5O5. The number of methoxy groups -OCH3 is 2. The molecule has 5 rings (SSSR count). The smallest absolute Gasteiger partial charge is 0.308 e. The minimum atomic E-state index is -0.871. The van der Waals surface area contributed by atoms with Crippen LogP contribution in [0.15, 0.2) is 65.8 Å². The summed E-state index contributed by atoms with van der Waals surface area (Å²) in [6.07, 6.45) is 0.513. The summed E-state index contributed by atoms with van der Waals surface area (Å²) in [5.41, 5.74) is 5.80. The van der Waals surface area contributed by atoms with Crippen LogP contribution < -0.4 is 20.1 Å². The summed E-state index contributed by atoms with van der Waals surface area (Å²) < 4.78 is 16.4. The van der Waals surface area contributed by atoms with Gasteiger partial charge in [-0.05, 0) is 38.1 Å². The van der Waals surface area contributed by atoms with Gasteiger partial charge >= 0.3 is 5.97 Å². The second-order valence-electron chi connectivity index (χ2n) is 11.2. The summed E-state index contributed by atoms with van der Waals surface area (Å²) in [6.45, 7) is 5.65. The lowest BCUT2D eigenvalue weighted by molar-refractivity contribution is -0.149. The number of aromatic nitrogens is 2. The molecule has 246 valence electrons. The molecule has 3 heterocycles. The van der Waals surface area contributed by atoms with Gasteiger partial charge < -0.3 is 30.0 Å². The largest absolute Gasteiger partial charge is 0.496 e. The molecule has 0 aliphatic carbocycles. The first-order valence-electron chi connectivity index (χ1n) is 15.2. The van der Waals surface area contributed by atoms with E-state index >= 15 is 0 Å². The highest BCUT2D eigenvalue weighted by atomic mass is 35.5. The highest BCUT2D eigenvalue weighted by molar-refractivity contribution is 6.39. The first-order chi connectivity index (χ1) is 22.7. The van der Waals surface area contributed by atoms with Gasteiger partial charge in [0.15, 0.2) is 0 Å². The van der Waals surface area contributed by atoms with Crippen LogP contribution in [0.3, 0.4) is 0 Å². The van der Waals surface area contributed by atoms with E-state index in [4.69, 9.17) is 42.4 Å². The van der Waals surface area contributed by atoms with Crippen molar-refractivity contribution in [1.82, 2.24) is 20.6 Å². The Bertz CT molecular complexity index is 1780. The van der Waals surface area contributed by atoms with Crippen molar-refractivity contribution in [2.75, 3.05) is 33.9 Å². The second-order valence-corrected chi connectivity index (χ2v) is 11.9. The Labute approximate surface area is 284 Å². The first-order valence-corrected chi connectivity index (χ1v) is 16.0. The van der Waals surface area contributed by atoms with Crippen molar-refractivity contribution in [1.29, 1.82) is 0 Å². The van der Waals surface area contributed by atoms with E-state index in [-0.39, 0.29) is 19.1 Å². The predicted molar refractivity (Wildman–Crippen MR) is 184 cm³/mol. The van der Waals surface area contributed by atoms with Crippen LogP contribution in [0, 0.1) is 0 Å². The van der Waals surface area contributed by atoms with Gasteiger partial charge in [-0.1, -0.05) is 53.5 Å². The van der Waals surface area contributed by atoms with E-state index in [1.807, 2.05) is 54.6 Å². The number of hydrogen-bond acceptors (Lipinski definition) is 10. The van der Waals surface area contributed by atoms with Crippen LogP contribution in [0.1, 0.15) is 31.4 Å². The standard InChI is InChI=1S/C35H37Cl2N5O5/c1-20(2)47-30(44)17-23(43)19-38-18-22-9-8-21(16-29(22)45-3)33-32(37)25(12-13-39-33)24-6-5-7-26(31(24)36)28-11-10-27(35(42-28)46-4)34-40-14-15-41-34/h5-13,16,20,23,38,43H,14-15,17-19H2,1-4H3,(H,40,41). The molecule has 1 aliphatic heterocycles. The Balaban J connectivity index is 1.37. The number of nitrogens with zero attached hydrogens (tertiary/aromatic N) is 3. The number of carbonyl (C=O) groups is 1. The Kier molecular flexibility index (Phi) is 11.3. The van der Waals surface area contributed by atoms with Gasteiger partial charge in [0.2, 0.25) is 5.88 Å². The van der Waals surface area contributed by atoms with Gasteiger partial charge in [-0.2, -0.15) is 0 Å². The zero-order valence-electron chi connectivity index (χ0n) is 26.6. The fraction of sp³-hybridized carbons (Fsp3) is 0.314. The van der Waals surface area contributed by atoms with E-state index in [0.29, 0.717) is 51.7 Å². The molecule has 0 bridgehead atoms. The van der Waals surface area contributed by atoms with Gasteiger partial charge in [-0.15, -0.1) is 0 Å². The van der Waals surface area contributed by atoms with E-state index < -0.39 is 12.1 Å². The van der Waals surface area contributed by atoms with E-state index in [2.05, 4.69) is 20.6 Å². The quantitative estimate of drug-likeness (QED) is 0.147. The Morgan fingerprint density at radius 3 is 2.51 bits per heavy atom. The number of aliphatic hydroxyl groups excluding tert-OH is 1. The molecular weight excluding hydrogens is 641 g/mol. The number of ether oxygens (including phenoxy) is 3. The number of amidine groups is 1. The lowest BCUT2D eigenvalue weighted by Gasteiger charge is -2.16. The average molecular weight is 679 g/mol. The second kappa shape index (κ2) is 15.6. The summed E-state index contributed by atoms with van der Waals surface area (Å²) in [6, 6.07) is 17.1. The van der Waals surface area contributed by atoms with Crippen LogP contribution in [0.4, 0.5) is 0 Å². The number of hydrogen-bond donors (Lipinski definition) is 3. The average Bonchev–Trinajstić information content (AvgIpc) is 3.60. The normalized spacial score (nSPS) is 13.2. The van der Waals surface area contributed by atoms with E-state index in [1.54, 1.807) is 34.3 Å². The third kappa shape index (κ3) is 8.02. The molecule has 0 saturated heterocycles. The molecule has 12 heteroatoms. The number of rotatable bonds is 13. The van der Waals surface area contributed by atoms with E-state index in [0.717, 1.165) is 40.2 Å². The minimum Gasteiger partial charge on any atom is -0.496 e. The van der Waals surface area contributed by atoms with Crippen LogP contribution in [0.5, 0.6) is 11.6 Å². The van der Waals surface area contributed by atoms with Gasteiger partial charge in [-0.3, -0.25) is 14.8 Å². The molecule has 3 N–H and O–H groups in total. The molecule has 0 radical (unpaired) electrons. The fourth-order valence-electron chi connectivity index (χ4n) is 5.28. The van der Waals surface area contributed by atoms with E-state index in [9.17, 15) is 9.90 Å². The van der Waals surface area contributed by atoms with Gasteiger partial charge in [0.25, 0.3) is 0 Å². The molecule has 2 aromatic carbocycles. The summed E-state index contributed by atoms with van der Waals surface area (Å²) in [5.74, 6) is 1.40. The molecule has 0 amide bonds. The van der Waals surface area contributed by atoms with Gasteiger partial charge in [0.1, 0.15) is 11.6 Å². The van der Waals surface area contributed by atoms with Crippen LogP contribution in [0.2, 0.25) is 10.0 Å². The van der Waals surface area contributed by atoms with Crippen molar-refractivity contribution >= 4 is 35.0 Å². The predicted octanol–water partition coefficient (Wildman–Crippen LogP) is 5.94. The van der Waals surface area contributed by atoms with Crippen LogP contribution in [0.25, 0.3) is 33.6 Å². The van der Waals surface area contributed by atoms with Crippen molar-refractivity contribution in [3.05, 3.63) is 82.0 Å². The number of carbonyl (C=O) groups excluding carboxylic acids is 1. The van der Waals surface area contributed by atoms with Crippen LogP contribution in [-0.2, 0) is 16.1 Å². The van der Waals surface area contributed by atoms with Gasteiger partial charge in [0, 0.05) is 53.6 Å². The van der Waals surface area contributed by atoms with Crippen LogP contribution in [-0.4, -0.2) is 72.9 Å². The number of pyridine rings is 2. The molecule has 10 nitrogen and oxygen atoms in total. The maximum Gasteiger partial charge on any atom is 0.308 e. The lowest BCUT2D eigenvalue weighted by Crippen LogP contribution is -2.29. The minimum absolute atomic E-state index is 0.0838. The zero-order valence-corrected chi connectivity index (χ0v) is 28.2. The maximum absolute atomic E-state index is 11.8. The molecule has 47 heavy (non-hydrogen) atoms. The van der Waals surface area contributed by atoms with Crippen molar-refractivity contribution < 1.29 is 24.1 Å². The lowest BCUT2D eigenvalue weighted by atomic mass is 9.99. The molecule has 1 aliphatic rings. The maximum atomic E-state index is 11.8. The SMILES string of the molecule is COc1cc(-c2nccc(-c3cccc(-c4ccc(C5=NCCN5)c(OC)n4)c3Cl)c2Cl)ccc1CNCC(O)CC(=O)OC(C)C. The Morgan fingerprint density at radius 1 is 1.00 bits per heavy atom. The molecule has 2 aromatic heterocycles. The van der Waals surface area contributed by atoms with E-state index in [1.165, 1.54) is 0 Å². The zero-order chi connectivity index (χ0) is 33.5. The highest BCUT2D eigenvalue weighted by Crippen LogP contribution is 2.42. The summed E-state index contributed by atoms with van der Waals surface area (Å²) in [5, 5.41) is 17.6. The third-order valence-corrected chi connectivity index (χ3v) is 8.25. The van der Waals surface area contributed by atoms with Gasteiger partial charge in [0.05, 0.1) is 66.4 Å². The number of esters is 1. The number of halogens is 2. The molecule has 0 fully saturated rings. The van der Waals surface area contributed by atoms with Crippen molar-refractivity contribution in [3.63, 3.8) is 0 Å². The third-order valence-electron chi connectivity index (χ3n) is 7.46. The molecule has 1 unspecified atom stereocenters. The molecule has 1 atom stereocenters. The number of aliphatic hydroxyl groups is 1.